The number of nitrogens with zero attached hydrogens (tertiary/aromatic N) is 4. The number of benzene rings is 1. The standard InChI is InChI=1S/C21H21N5O2S/c1-13-7-9-14(10-8-13)26-17(12-28-2)19(24-25-26)20(27)23-21-16(11-22)15-5-3-4-6-18(15)29-21/h7-10H,3-6,12H2,1-2H3,(H,23,27). The Morgan fingerprint density at radius 3 is 2.79 bits per heavy atom. The molecule has 0 atom stereocenters. The molecular weight excluding hydrogens is 386 g/mol. The number of amides is 1. The van der Waals surface area contributed by atoms with Crippen molar-refractivity contribution < 1.29 is 9.53 Å². The predicted molar refractivity (Wildman–Crippen MR) is 110 cm³/mol. The molecule has 3 aromatic rings. The lowest BCUT2D eigenvalue weighted by Gasteiger charge is -2.09. The first-order chi connectivity index (χ1) is 14.1. The van der Waals surface area contributed by atoms with E-state index in [9.17, 15) is 10.1 Å². The SMILES string of the molecule is COCc1c(C(=O)Nc2sc3c(c2C#N)CCCC3)nnn1-c1ccc(C)cc1. The van der Waals surface area contributed by atoms with Crippen molar-refractivity contribution in [1.82, 2.24) is 15.0 Å². The Morgan fingerprint density at radius 1 is 1.31 bits per heavy atom. The van der Waals surface area contributed by atoms with Gasteiger partial charge in [-0.05, 0) is 50.3 Å². The van der Waals surface area contributed by atoms with Crippen LogP contribution in [0, 0.1) is 18.3 Å². The number of carbonyl (C=O) groups is 1. The Bertz CT molecular complexity index is 1090. The summed E-state index contributed by atoms with van der Waals surface area (Å²) in [5, 5.41) is 21.4. The van der Waals surface area contributed by atoms with E-state index in [4.69, 9.17) is 4.74 Å². The number of ether oxygens (including phenoxy) is 1. The number of hydrogen-bond donors (Lipinski definition) is 1. The lowest BCUT2D eigenvalue weighted by atomic mass is 9.96. The van der Waals surface area contributed by atoms with Crippen LogP contribution in [0.4, 0.5) is 5.00 Å². The van der Waals surface area contributed by atoms with Gasteiger partial charge in [-0.2, -0.15) is 5.26 Å². The highest BCUT2D eigenvalue weighted by molar-refractivity contribution is 7.16. The molecule has 1 aliphatic carbocycles. The molecule has 7 nitrogen and oxygen atoms in total. The van der Waals surface area contributed by atoms with E-state index in [1.165, 1.54) is 16.2 Å². The third-order valence-electron chi connectivity index (χ3n) is 5.05. The smallest absolute Gasteiger partial charge is 0.278 e. The van der Waals surface area contributed by atoms with Crippen molar-refractivity contribution in [2.75, 3.05) is 12.4 Å². The second kappa shape index (κ2) is 8.15. The first kappa shape index (κ1) is 19.3. The fourth-order valence-corrected chi connectivity index (χ4v) is 4.81. The third kappa shape index (κ3) is 3.67. The third-order valence-corrected chi connectivity index (χ3v) is 6.26. The van der Waals surface area contributed by atoms with Gasteiger partial charge < -0.3 is 10.1 Å². The Labute approximate surface area is 172 Å². The summed E-state index contributed by atoms with van der Waals surface area (Å²) in [5.74, 6) is -0.384. The second-order valence-corrected chi connectivity index (χ2v) is 8.15. The molecule has 0 unspecified atom stereocenters. The highest BCUT2D eigenvalue weighted by atomic mass is 32.1. The predicted octanol–water partition coefficient (Wildman–Crippen LogP) is 3.79. The van der Waals surface area contributed by atoms with Gasteiger partial charge in [0.05, 0.1) is 17.9 Å². The molecule has 0 aliphatic heterocycles. The molecule has 1 aliphatic rings. The number of anilines is 1. The van der Waals surface area contributed by atoms with Crippen molar-refractivity contribution in [3.8, 4) is 11.8 Å². The number of aryl methyl sites for hydroxylation is 2. The molecule has 1 amide bonds. The van der Waals surface area contributed by atoms with Crippen molar-refractivity contribution >= 4 is 22.2 Å². The van der Waals surface area contributed by atoms with Gasteiger partial charge in [-0.1, -0.05) is 22.9 Å². The van der Waals surface area contributed by atoms with Crippen molar-refractivity contribution in [1.29, 1.82) is 5.26 Å². The van der Waals surface area contributed by atoms with Gasteiger partial charge in [0.1, 0.15) is 16.8 Å². The Kier molecular flexibility index (Phi) is 5.43. The van der Waals surface area contributed by atoms with Gasteiger partial charge in [0.25, 0.3) is 5.91 Å². The highest BCUT2D eigenvalue weighted by Crippen LogP contribution is 2.37. The van der Waals surface area contributed by atoms with Crippen LogP contribution in [-0.4, -0.2) is 28.0 Å². The molecule has 29 heavy (non-hydrogen) atoms. The average Bonchev–Trinajstić information content (AvgIpc) is 3.29. The van der Waals surface area contributed by atoms with Crippen molar-refractivity contribution in [3.63, 3.8) is 0 Å². The normalized spacial score (nSPS) is 13.0. The minimum atomic E-state index is -0.384. The number of rotatable bonds is 5. The summed E-state index contributed by atoms with van der Waals surface area (Å²) in [7, 11) is 1.56. The van der Waals surface area contributed by atoms with Gasteiger partial charge in [0.2, 0.25) is 0 Å². The molecule has 0 fully saturated rings. The zero-order valence-electron chi connectivity index (χ0n) is 16.4. The quantitative estimate of drug-likeness (QED) is 0.695. The maximum absolute atomic E-state index is 13.0. The molecule has 1 N–H and O–H groups in total. The summed E-state index contributed by atoms with van der Waals surface area (Å²) in [5.41, 5.74) is 4.36. The summed E-state index contributed by atoms with van der Waals surface area (Å²) in [4.78, 5) is 14.2. The van der Waals surface area contributed by atoms with Crippen LogP contribution in [0.25, 0.3) is 5.69 Å². The lowest BCUT2D eigenvalue weighted by Crippen LogP contribution is -2.16. The number of hydrogen-bond acceptors (Lipinski definition) is 6. The van der Waals surface area contributed by atoms with Crippen LogP contribution in [0.5, 0.6) is 0 Å². The summed E-state index contributed by atoms with van der Waals surface area (Å²) in [6.07, 6.45) is 4.05. The molecule has 0 saturated heterocycles. The Hall–Kier alpha value is -3.02. The van der Waals surface area contributed by atoms with Crippen LogP contribution in [0.1, 0.15) is 50.6 Å². The Morgan fingerprint density at radius 2 is 2.07 bits per heavy atom. The van der Waals surface area contributed by atoms with E-state index >= 15 is 0 Å². The zero-order chi connectivity index (χ0) is 20.4. The number of methoxy groups -OCH3 is 1. The first-order valence-corrected chi connectivity index (χ1v) is 10.3. The molecule has 1 aromatic carbocycles. The molecular formula is C21H21N5O2S. The molecule has 8 heteroatoms. The molecule has 0 bridgehead atoms. The van der Waals surface area contributed by atoms with Gasteiger partial charge in [-0.3, -0.25) is 4.79 Å². The van der Waals surface area contributed by atoms with Crippen LogP contribution in [0.3, 0.4) is 0 Å². The van der Waals surface area contributed by atoms with Crippen LogP contribution >= 0.6 is 11.3 Å². The average molecular weight is 407 g/mol. The van der Waals surface area contributed by atoms with E-state index in [1.807, 2.05) is 31.2 Å². The molecule has 148 valence electrons. The molecule has 0 spiro atoms. The monoisotopic (exact) mass is 407 g/mol. The maximum Gasteiger partial charge on any atom is 0.278 e. The minimum absolute atomic E-state index is 0.190. The van der Waals surface area contributed by atoms with Gasteiger partial charge in [-0.15, -0.1) is 16.4 Å². The van der Waals surface area contributed by atoms with E-state index < -0.39 is 0 Å². The summed E-state index contributed by atoms with van der Waals surface area (Å²) < 4.78 is 6.91. The molecule has 0 saturated carbocycles. The van der Waals surface area contributed by atoms with Crippen LogP contribution < -0.4 is 5.32 Å². The molecule has 2 heterocycles. The fraction of sp³-hybridized carbons (Fsp3) is 0.333. The number of nitrogens with one attached hydrogen (secondary N) is 1. The van der Waals surface area contributed by atoms with Crippen molar-refractivity contribution in [3.05, 3.63) is 57.2 Å². The van der Waals surface area contributed by atoms with E-state index in [0.717, 1.165) is 42.5 Å². The van der Waals surface area contributed by atoms with Crippen LogP contribution in [0.2, 0.25) is 0 Å². The number of aromatic nitrogens is 3. The zero-order valence-corrected chi connectivity index (χ0v) is 17.2. The summed E-state index contributed by atoms with van der Waals surface area (Å²) >= 11 is 1.49. The summed E-state index contributed by atoms with van der Waals surface area (Å²) in [6.45, 7) is 2.20. The molecule has 4 rings (SSSR count). The molecule has 2 aromatic heterocycles. The first-order valence-electron chi connectivity index (χ1n) is 9.49. The van der Waals surface area contributed by atoms with Crippen LogP contribution in [0.15, 0.2) is 24.3 Å². The summed E-state index contributed by atoms with van der Waals surface area (Å²) in [6, 6.07) is 10.1. The van der Waals surface area contributed by atoms with E-state index in [-0.39, 0.29) is 18.2 Å². The maximum atomic E-state index is 13.0. The number of nitriles is 1. The van der Waals surface area contributed by atoms with Gasteiger partial charge >= 0.3 is 0 Å². The second-order valence-electron chi connectivity index (χ2n) is 7.05. The van der Waals surface area contributed by atoms with E-state index in [0.29, 0.717) is 16.3 Å². The van der Waals surface area contributed by atoms with Gasteiger partial charge in [0, 0.05) is 12.0 Å². The number of carbonyl (C=O) groups excluding carboxylic acids is 1. The van der Waals surface area contributed by atoms with Crippen molar-refractivity contribution in [2.24, 2.45) is 0 Å². The van der Waals surface area contributed by atoms with E-state index in [1.54, 1.807) is 11.8 Å². The fourth-order valence-electron chi connectivity index (χ4n) is 3.57. The topological polar surface area (TPSA) is 92.8 Å². The number of thiophene rings is 1. The van der Waals surface area contributed by atoms with E-state index in [2.05, 4.69) is 21.7 Å². The number of fused-ring (bicyclic) bond motifs is 1. The Balaban J connectivity index is 1.67. The molecule has 0 radical (unpaired) electrons. The van der Waals surface area contributed by atoms with Crippen molar-refractivity contribution in [2.45, 2.75) is 39.2 Å². The largest absolute Gasteiger partial charge is 0.378 e. The van der Waals surface area contributed by atoms with Gasteiger partial charge in [0.15, 0.2) is 5.69 Å². The highest BCUT2D eigenvalue weighted by Gasteiger charge is 2.25. The minimum Gasteiger partial charge on any atom is -0.378 e. The lowest BCUT2D eigenvalue weighted by molar-refractivity contribution is 0.101. The van der Waals surface area contributed by atoms with Crippen LogP contribution in [-0.2, 0) is 24.2 Å². The van der Waals surface area contributed by atoms with Gasteiger partial charge in [-0.25, -0.2) is 4.68 Å².